The number of carbonyl (C=O) groups excluding carboxylic acids is 1. The van der Waals surface area contributed by atoms with Gasteiger partial charge >= 0.3 is 0 Å². The summed E-state index contributed by atoms with van der Waals surface area (Å²) in [4.78, 5) is 14.3. The minimum Gasteiger partial charge on any atom is -0.399 e. The molecule has 1 aliphatic heterocycles. The van der Waals surface area contributed by atoms with Gasteiger partial charge in [0.25, 0.3) is 0 Å². The smallest absolute Gasteiger partial charge is 0.227 e. The second-order valence-corrected chi connectivity index (χ2v) is 5.67. The molecular weight excluding hydrogens is 260 g/mol. The number of aryl methyl sites for hydroxylation is 2. The number of rotatable bonds is 3. The second-order valence-electron chi connectivity index (χ2n) is 5.67. The number of nitrogen functional groups attached to an aromatic ring is 1. The Morgan fingerprint density at radius 2 is 2.10 bits per heavy atom. The Bertz CT molecular complexity index is 679. The molecule has 0 bridgehead atoms. The average molecular weight is 280 g/mol. The van der Waals surface area contributed by atoms with Crippen LogP contribution < -0.4 is 10.6 Å². The SMILES string of the molecule is Cc1cccc(CCC(=O)N2CCc3ccc(N)cc32)c1. The number of hydrogen-bond donors (Lipinski definition) is 1. The Kier molecular flexibility index (Phi) is 3.65. The third kappa shape index (κ3) is 2.92. The molecule has 0 aliphatic carbocycles. The van der Waals surface area contributed by atoms with E-state index < -0.39 is 0 Å². The van der Waals surface area contributed by atoms with Gasteiger partial charge in [0.2, 0.25) is 5.91 Å². The Morgan fingerprint density at radius 3 is 2.90 bits per heavy atom. The minimum absolute atomic E-state index is 0.181. The number of nitrogens with two attached hydrogens (primary N) is 1. The van der Waals surface area contributed by atoms with Crippen molar-refractivity contribution in [2.45, 2.75) is 26.2 Å². The van der Waals surface area contributed by atoms with E-state index in [9.17, 15) is 4.79 Å². The molecule has 0 saturated carbocycles. The molecule has 3 rings (SSSR count). The summed E-state index contributed by atoms with van der Waals surface area (Å²) in [6, 6.07) is 14.2. The Labute approximate surface area is 125 Å². The van der Waals surface area contributed by atoms with Gasteiger partial charge in [0.1, 0.15) is 0 Å². The molecule has 2 N–H and O–H groups in total. The fraction of sp³-hybridized carbons (Fsp3) is 0.278. The molecule has 1 amide bonds. The first-order valence-electron chi connectivity index (χ1n) is 7.38. The van der Waals surface area contributed by atoms with Crippen LogP contribution in [0.4, 0.5) is 11.4 Å². The highest BCUT2D eigenvalue weighted by Gasteiger charge is 2.24. The number of fused-ring (bicyclic) bond motifs is 1. The minimum atomic E-state index is 0.181. The molecule has 0 saturated heterocycles. The van der Waals surface area contributed by atoms with Gasteiger partial charge < -0.3 is 10.6 Å². The van der Waals surface area contributed by atoms with Crippen molar-refractivity contribution in [3.8, 4) is 0 Å². The monoisotopic (exact) mass is 280 g/mol. The van der Waals surface area contributed by atoms with Crippen molar-refractivity contribution in [3.05, 3.63) is 59.2 Å². The van der Waals surface area contributed by atoms with Crippen LogP contribution in [0.1, 0.15) is 23.1 Å². The van der Waals surface area contributed by atoms with Crippen LogP contribution in [0.2, 0.25) is 0 Å². The van der Waals surface area contributed by atoms with Crippen molar-refractivity contribution in [1.82, 2.24) is 0 Å². The predicted octanol–water partition coefficient (Wildman–Crippen LogP) is 3.10. The standard InChI is InChI=1S/C18H20N2O/c1-13-3-2-4-14(11-13)5-8-18(21)20-10-9-15-6-7-16(19)12-17(15)20/h2-4,6-7,11-12H,5,8-10,19H2,1H3. The molecule has 3 heteroatoms. The average Bonchev–Trinajstić information content (AvgIpc) is 2.88. The lowest BCUT2D eigenvalue weighted by Crippen LogP contribution is -2.29. The zero-order valence-corrected chi connectivity index (χ0v) is 12.3. The highest BCUT2D eigenvalue weighted by atomic mass is 16.2. The molecule has 0 aromatic heterocycles. The summed E-state index contributed by atoms with van der Waals surface area (Å²) in [7, 11) is 0. The maximum atomic E-state index is 12.5. The highest BCUT2D eigenvalue weighted by Crippen LogP contribution is 2.30. The van der Waals surface area contributed by atoms with Crippen LogP contribution in [0.15, 0.2) is 42.5 Å². The molecule has 0 radical (unpaired) electrons. The topological polar surface area (TPSA) is 46.3 Å². The van der Waals surface area contributed by atoms with Gasteiger partial charge in [-0.05, 0) is 43.0 Å². The quantitative estimate of drug-likeness (QED) is 0.878. The molecule has 1 heterocycles. The Hall–Kier alpha value is -2.29. The van der Waals surface area contributed by atoms with Crippen LogP contribution in [-0.4, -0.2) is 12.5 Å². The van der Waals surface area contributed by atoms with E-state index in [0.29, 0.717) is 12.1 Å². The van der Waals surface area contributed by atoms with Crippen LogP contribution in [0.5, 0.6) is 0 Å². The molecule has 21 heavy (non-hydrogen) atoms. The molecule has 3 nitrogen and oxygen atoms in total. The van der Waals surface area contributed by atoms with Gasteiger partial charge in [-0.2, -0.15) is 0 Å². The van der Waals surface area contributed by atoms with Gasteiger partial charge in [-0.3, -0.25) is 4.79 Å². The van der Waals surface area contributed by atoms with Crippen molar-refractivity contribution in [1.29, 1.82) is 0 Å². The lowest BCUT2D eigenvalue weighted by Gasteiger charge is -2.17. The lowest BCUT2D eigenvalue weighted by atomic mass is 10.1. The number of anilines is 2. The van der Waals surface area contributed by atoms with E-state index in [4.69, 9.17) is 5.73 Å². The van der Waals surface area contributed by atoms with Crippen molar-refractivity contribution in [2.24, 2.45) is 0 Å². The molecule has 0 spiro atoms. The zero-order valence-electron chi connectivity index (χ0n) is 12.3. The molecule has 2 aromatic carbocycles. The van der Waals surface area contributed by atoms with Gasteiger partial charge in [-0.15, -0.1) is 0 Å². The van der Waals surface area contributed by atoms with Crippen LogP contribution in [0.3, 0.4) is 0 Å². The third-order valence-electron chi connectivity index (χ3n) is 4.02. The van der Waals surface area contributed by atoms with Crippen molar-refractivity contribution in [2.75, 3.05) is 17.2 Å². The van der Waals surface area contributed by atoms with Crippen LogP contribution in [-0.2, 0) is 17.6 Å². The molecule has 108 valence electrons. The normalized spacial score (nSPS) is 13.3. The van der Waals surface area contributed by atoms with Gasteiger partial charge in [-0.25, -0.2) is 0 Å². The van der Waals surface area contributed by atoms with Crippen molar-refractivity contribution >= 4 is 17.3 Å². The molecule has 0 atom stereocenters. The fourth-order valence-electron chi connectivity index (χ4n) is 2.91. The first-order chi connectivity index (χ1) is 10.1. The van der Waals surface area contributed by atoms with Gasteiger partial charge in [0.05, 0.1) is 0 Å². The van der Waals surface area contributed by atoms with Crippen LogP contribution in [0, 0.1) is 6.92 Å². The first-order valence-corrected chi connectivity index (χ1v) is 7.38. The van der Waals surface area contributed by atoms with Crippen molar-refractivity contribution in [3.63, 3.8) is 0 Å². The van der Waals surface area contributed by atoms with E-state index in [1.807, 2.05) is 29.2 Å². The van der Waals surface area contributed by atoms with Crippen molar-refractivity contribution < 1.29 is 4.79 Å². The largest absolute Gasteiger partial charge is 0.399 e. The maximum Gasteiger partial charge on any atom is 0.227 e. The highest BCUT2D eigenvalue weighted by molar-refractivity contribution is 5.96. The van der Waals surface area contributed by atoms with E-state index in [2.05, 4.69) is 25.1 Å². The second kappa shape index (κ2) is 5.60. The van der Waals surface area contributed by atoms with E-state index in [1.54, 1.807) is 0 Å². The van der Waals surface area contributed by atoms with Gasteiger partial charge in [-0.1, -0.05) is 35.9 Å². The molecule has 1 aliphatic rings. The third-order valence-corrected chi connectivity index (χ3v) is 4.02. The number of amides is 1. The van der Waals surface area contributed by atoms with E-state index in [1.165, 1.54) is 16.7 Å². The maximum absolute atomic E-state index is 12.5. The molecule has 0 unspecified atom stereocenters. The summed E-state index contributed by atoms with van der Waals surface area (Å²) in [5, 5.41) is 0. The van der Waals surface area contributed by atoms with E-state index >= 15 is 0 Å². The molecule has 2 aromatic rings. The van der Waals surface area contributed by atoms with E-state index in [0.717, 1.165) is 25.1 Å². The van der Waals surface area contributed by atoms with E-state index in [-0.39, 0.29) is 5.91 Å². The summed E-state index contributed by atoms with van der Waals surface area (Å²) in [6.07, 6.45) is 2.25. The molecule has 0 fully saturated rings. The summed E-state index contributed by atoms with van der Waals surface area (Å²) < 4.78 is 0. The van der Waals surface area contributed by atoms with Crippen LogP contribution >= 0.6 is 0 Å². The Morgan fingerprint density at radius 1 is 1.24 bits per heavy atom. The first kappa shape index (κ1) is 13.7. The predicted molar refractivity (Wildman–Crippen MR) is 86.4 cm³/mol. The Balaban J connectivity index is 1.69. The summed E-state index contributed by atoms with van der Waals surface area (Å²) in [5.74, 6) is 0.181. The van der Waals surface area contributed by atoms with Gasteiger partial charge in [0.15, 0.2) is 0 Å². The summed E-state index contributed by atoms with van der Waals surface area (Å²) in [6.45, 7) is 2.84. The number of carbonyl (C=O) groups is 1. The summed E-state index contributed by atoms with van der Waals surface area (Å²) >= 11 is 0. The number of nitrogens with zero attached hydrogens (tertiary/aromatic N) is 1. The molecular formula is C18H20N2O. The number of hydrogen-bond acceptors (Lipinski definition) is 2. The van der Waals surface area contributed by atoms with Gasteiger partial charge in [0, 0.05) is 24.3 Å². The lowest BCUT2D eigenvalue weighted by molar-refractivity contribution is -0.118. The fourth-order valence-corrected chi connectivity index (χ4v) is 2.91. The number of benzene rings is 2. The van der Waals surface area contributed by atoms with Crippen LogP contribution in [0.25, 0.3) is 0 Å². The summed E-state index contributed by atoms with van der Waals surface area (Å²) in [5.41, 5.74) is 11.2. The zero-order chi connectivity index (χ0) is 14.8.